The van der Waals surface area contributed by atoms with Crippen LogP contribution in [0.25, 0.3) is 0 Å². The van der Waals surface area contributed by atoms with E-state index in [2.05, 4.69) is 0 Å². The quantitative estimate of drug-likeness (QED) is 0.493. The van der Waals surface area contributed by atoms with Crippen LogP contribution < -0.4 is 0 Å². The smallest absolute Gasteiger partial charge is 0.0951 e. The molecule has 0 aliphatic rings. The third kappa shape index (κ3) is 6.04. The summed E-state index contributed by atoms with van der Waals surface area (Å²) >= 11 is 0. The molecule has 0 spiro atoms. The van der Waals surface area contributed by atoms with E-state index in [-0.39, 0.29) is 19.1 Å². The molecule has 0 amide bonds. The van der Waals surface area contributed by atoms with Crippen molar-refractivity contribution in [1.82, 2.24) is 0 Å². The third-order valence-corrected chi connectivity index (χ3v) is 1.40. The highest BCUT2D eigenvalue weighted by molar-refractivity contribution is 4.88. The Morgan fingerprint density at radius 2 is 1.91 bits per heavy atom. The Kier molecular flexibility index (Phi) is 6.12. The fourth-order valence-electron chi connectivity index (χ4n) is 0.603. The number of allylic oxidation sites excluding steroid dienone is 1. The van der Waals surface area contributed by atoms with Gasteiger partial charge in [0.15, 0.2) is 0 Å². The molecule has 2 atom stereocenters. The highest BCUT2D eigenvalue weighted by atomic mass is 16.3. The molecule has 0 aromatic rings. The Morgan fingerprint density at radius 1 is 1.27 bits per heavy atom. The summed E-state index contributed by atoms with van der Waals surface area (Å²) in [5, 5.41) is 25.9. The summed E-state index contributed by atoms with van der Waals surface area (Å²) in [4.78, 5) is 0. The van der Waals surface area contributed by atoms with Gasteiger partial charge in [-0.05, 0) is 12.3 Å². The summed E-state index contributed by atoms with van der Waals surface area (Å²) in [6.07, 6.45) is 3.27. The predicted molar refractivity (Wildman–Crippen MR) is 43.1 cm³/mol. The SMILES string of the molecule is C[C@@H](CO)C/C=C/[C@H](O)CO. The average molecular weight is 160 g/mol. The van der Waals surface area contributed by atoms with E-state index in [9.17, 15) is 0 Å². The van der Waals surface area contributed by atoms with Crippen molar-refractivity contribution in [3.05, 3.63) is 12.2 Å². The van der Waals surface area contributed by atoms with Crippen molar-refractivity contribution >= 4 is 0 Å². The molecule has 0 aliphatic heterocycles. The Hall–Kier alpha value is -0.380. The minimum Gasteiger partial charge on any atom is -0.396 e. The molecule has 0 bridgehead atoms. The van der Waals surface area contributed by atoms with E-state index >= 15 is 0 Å². The lowest BCUT2D eigenvalue weighted by Gasteiger charge is -2.03. The van der Waals surface area contributed by atoms with Gasteiger partial charge < -0.3 is 15.3 Å². The van der Waals surface area contributed by atoms with E-state index in [0.717, 1.165) is 6.42 Å². The van der Waals surface area contributed by atoms with Gasteiger partial charge in [0, 0.05) is 6.61 Å². The van der Waals surface area contributed by atoms with Gasteiger partial charge in [0.2, 0.25) is 0 Å². The molecule has 0 unspecified atom stereocenters. The maximum absolute atomic E-state index is 8.84. The molecule has 3 N–H and O–H groups in total. The first-order chi connectivity index (χ1) is 5.20. The Balaban J connectivity index is 3.43. The molecule has 0 fully saturated rings. The van der Waals surface area contributed by atoms with Gasteiger partial charge in [-0.1, -0.05) is 19.1 Å². The molecule has 3 nitrogen and oxygen atoms in total. The van der Waals surface area contributed by atoms with Crippen LogP contribution in [0.1, 0.15) is 13.3 Å². The molecule has 66 valence electrons. The van der Waals surface area contributed by atoms with Gasteiger partial charge in [0.05, 0.1) is 12.7 Å². The second kappa shape index (κ2) is 6.34. The number of aliphatic hydroxyl groups excluding tert-OH is 3. The first kappa shape index (κ1) is 10.6. The third-order valence-electron chi connectivity index (χ3n) is 1.40. The van der Waals surface area contributed by atoms with E-state index in [1.165, 1.54) is 6.08 Å². The first-order valence-corrected chi connectivity index (χ1v) is 3.77. The van der Waals surface area contributed by atoms with Crippen molar-refractivity contribution in [2.75, 3.05) is 13.2 Å². The van der Waals surface area contributed by atoms with Crippen molar-refractivity contribution in [3.8, 4) is 0 Å². The Labute approximate surface area is 67.0 Å². The fourth-order valence-corrected chi connectivity index (χ4v) is 0.603. The van der Waals surface area contributed by atoms with Crippen LogP contribution in [0, 0.1) is 5.92 Å². The van der Waals surface area contributed by atoms with Gasteiger partial charge in [-0.25, -0.2) is 0 Å². The second-order valence-corrected chi connectivity index (χ2v) is 2.70. The zero-order chi connectivity index (χ0) is 8.69. The lowest BCUT2D eigenvalue weighted by molar-refractivity contribution is 0.130. The molecule has 0 aliphatic carbocycles. The normalized spacial score (nSPS) is 17.1. The largest absolute Gasteiger partial charge is 0.396 e. The summed E-state index contributed by atoms with van der Waals surface area (Å²) in [5.74, 6) is 0.220. The van der Waals surface area contributed by atoms with Gasteiger partial charge in [-0.15, -0.1) is 0 Å². The molecule has 0 radical (unpaired) electrons. The molecule has 3 heteroatoms. The van der Waals surface area contributed by atoms with E-state index in [0.29, 0.717) is 0 Å². The summed E-state index contributed by atoms with van der Waals surface area (Å²) in [7, 11) is 0. The van der Waals surface area contributed by atoms with E-state index in [1.807, 2.05) is 6.92 Å². The molecule has 0 aromatic carbocycles. The van der Waals surface area contributed by atoms with Gasteiger partial charge in [0.1, 0.15) is 0 Å². The highest BCUT2D eigenvalue weighted by Gasteiger charge is 1.97. The Morgan fingerprint density at radius 3 is 2.36 bits per heavy atom. The summed E-state index contributed by atoms with van der Waals surface area (Å²) in [6, 6.07) is 0. The van der Waals surface area contributed by atoms with Gasteiger partial charge in [0.25, 0.3) is 0 Å². The number of aliphatic hydroxyl groups is 3. The zero-order valence-corrected chi connectivity index (χ0v) is 6.77. The van der Waals surface area contributed by atoms with Crippen LogP contribution in [0.4, 0.5) is 0 Å². The lowest BCUT2D eigenvalue weighted by atomic mass is 10.1. The van der Waals surface area contributed by atoms with Crippen LogP contribution >= 0.6 is 0 Å². The number of hydrogen-bond donors (Lipinski definition) is 3. The summed E-state index contributed by atoms with van der Waals surface area (Å²) in [5.41, 5.74) is 0. The molecular formula is C8H16O3. The van der Waals surface area contributed by atoms with Crippen molar-refractivity contribution in [3.63, 3.8) is 0 Å². The lowest BCUT2D eigenvalue weighted by Crippen LogP contribution is -2.07. The van der Waals surface area contributed by atoms with Gasteiger partial charge in [-0.3, -0.25) is 0 Å². The van der Waals surface area contributed by atoms with E-state index in [4.69, 9.17) is 15.3 Å². The molecule has 0 aromatic heterocycles. The van der Waals surface area contributed by atoms with Crippen LogP contribution in [0.5, 0.6) is 0 Å². The summed E-state index contributed by atoms with van der Waals surface area (Å²) < 4.78 is 0. The number of hydrogen-bond acceptors (Lipinski definition) is 3. The van der Waals surface area contributed by atoms with Crippen LogP contribution in [-0.2, 0) is 0 Å². The van der Waals surface area contributed by atoms with Crippen molar-refractivity contribution in [2.24, 2.45) is 5.92 Å². The monoisotopic (exact) mass is 160 g/mol. The van der Waals surface area contributed by atoms with Gasteiger partial charge >= 0.3 is 0 Å². The van der Waals surface area contributed by atoms with Crippen LogP contribution in [0.2, 0.25) is 0 Å². The fraction of sp³-hybridized carbons (Fsp3) is 0.750. The van der Waals surface area contributed by atoms with Crippen LogP contribution in [-0.4, -0.2) is 34.6 Å². The van der Waals surface area contributed by atoms with Crippen molar-refractivity contribution < 1.29 is 15.3 Å². The number of rotatable bonds is 5. The zero-order valence-electron chi connectivity index (χ0n) is 6.77. The average Bonchev–Trinajstić information content (AvgIpc) is 2.04. The molecule has 0 saturated carbocycles. The van der Waals surface area contributed by atoms with Crippen molar-refractivity contribution in [2.45, 2.75) is 19.4 Å². The van der Waals surface area contributed by atoms with E-state index in [1.54, 1.807) is 6.08 Å². The van der Waals surface area contributed by atoms with Crippen LogP contribution in [0.15, 0.2) is 12.2 Å². The highest BCUT2D eigenvalue weighted by Crippen LogP contribution is 2.01. The Bertz CT molecular complexity index is 112. The molecule has 0 rings (SSSR count). The molecule has 0 heterocycles. The van der Waals surface area contributed by atoms with E-state index < -0.39 is 6.10 Å². The van der Waals surface area contributed by atoms with Crippen LogP contribution in [0.3, 0.4) is 0 Å². The van der Waals surface area contributed by atoms with Crippen molar-refractivity contribution in [1.29, 1.82) is 0 Å². The first-order valence-electron chi connectivity index (χ1n) is 3.77. The predicted octanol–water partition coefficient (Wildman–Crippen LogP) is -0.0857. The standard InChI is InChI=1S/C8H16O3/c1-7(5-9)3-2-4-8(11)6-10/h2,4,7-11H,3,5-6H2,1H3/b4-2+/t7-,8+/m1/s1. The second-order valence-electron chi connectivity index (χ2n) is 2.70. The minimum absolute atomic E-state index is 0.152. The van der Waals surface area contributed by atoms with Gasteiger partial charge in [-0.2, -0.15) is 0 Å². The summed E-state index contributed by atoms with van der Waals surface area (Å²) in [6.45, 7) is 1.82. The maximum atomic E-state index is 8.84. The maximum Gasteiger partial charge on any atom is 0.0951 e. The molecule has 11 heavy (non-hydrogen) atoms. The topological polar surface area (TPSA) is 60.7 Å². The molecular weight excluding hydrogens is 144 g/mol. The molecule has 0 saturated heterocycles. The minimum atomic E-state index is -0.763.